The second kappa shape index (κ2) is 8.75. The van der Waals surface area contributed by atoms with E-state index in [1.165, 1.54) is 42.5 Å². The van der Waals surface area contributed by atoms with Crippen LogP contribution in [-0.2, 0) is 17.4 Å². The second-order valence-corrected chi connectivity index (χ2v) is 6.92. The van der Waals surface area contributed by atoms with Crippen molar-refractivity contribution in [3.8, 4) is 28.0 Å². The summed E-state index contributed by atoms with van der Waals surface area (Å²) in [7, 11) is 0. The zero-order chi connectivity index (χ0) is 22.8. The summed E-state index contributed by atoms with van der Waals surface area (Å²) < 4.78 is 66.7. The molecule has 0 fully saturated rings. The van der Waals surface area contributed by atoms with Crippen LogP contribution in [0.15, 0.2) is 60.7 Å². The third-order valence-corrected chi connectivity index (χ3v) is 4.80. The van der Waals surface area contributed by atoms with E-state index < -0.39 is 29.7 Å². The SMILES string of the molecule is O=C(O)CCc1cc(O)ccc1-c1ccc(-c2cccc(C(F)(F)F)c2)c(C(F)F)c1. The first kappa shape index (κ1) is 22.3. The van der Waals surface area contributed by atoms with Gasteiger partial charge in [0.25, 0.3) is 6.43 Å². The lowest BCUT2D eigenvalue weighted by Gasteiger charge is -2.15. The lowest BCUT2D eigenvalue weighted by Crippen LogP contribution is -2.04. The normalized spacial score (nSPS) is 11.7. The summed E-state index contributed by atoms with van der Waals surface area (Å²) in [6.45, 7) is 0. The number of halogens is 5. The molecule has 0 radical (unpaired) electrons. The molecule has 0 aromatic heterocycles. The molecule has 3 aromatic carbocycles. The highest BCUT2D eigenvalue weighted by Gasteiger charge is 2.30. The van der Waals surface area contributed by atoms with Gasteiger partial charge >= 0.3 is 12.1 Å². The van der Waals surface area contributed by atoms with Crippen molar-refractivity contribution in [2.45, 2.75) is 25.4 Å². The summed E-state index contributed by atoms with van der Waals surface area (Å²) in [5, 5.41) is 18.6. The van der Waals surface area contributed by atoms with Crippen LogP contribution in [-0.4, -0.2) is 16.2 Å². The van der Waals surface area contributed by atoms with Gasteiger partial charge in [0, 0.05) is 12.0 Å². The molecular formula is C23H17F5O3. The van der Waals surface area contributed by atoms with Crippen LogP contribution in [0.5, 0.6) is 5.75 Å². The number of aryl methyl sites for hydroxylation is 1. The molecule has 3 aromatic rings. The zero-order valence-electron chi connectivity index (χ0n) is 16.0. The fourth-order valence-electron chi connectivity index (χ4n) is 3.35. The number of carboxylic acid groups (broad SMARTS) is 1. The van der Waals surface area contributed by atoms with Gasteiger partial charge in [0.1, 0.15) is 5.75 Å². The number of carboxylic acids is 1. The number of alkyl halides is 5. The molecule has 0 bridgehead atoms. The smallest absolute Gasteiger partial charge is 0.416 e. The fourth-order valence-corrected chi connectivity index (χ4v) is 3.35. The Labute approximate surface area is 174 Å². The van der Waals surface area contributed by atoms with Crippen molar-refractivity contribution >= 4 is 5.97 Å². The predicted octanol–water partition coefficient (Wildman–Crippen LogP) is 6.70. The van der Waals surface area contributed by atoms with Crippen molar-refractivity contribution in [1.82, 2.24) is 0 Å². The van der Waals surface area contributed by atoms with Gasteiger partial charge < -0.3 is 10.2 Å². The maximum absolute atomic E-state index is 13.8. The molecule has 31 heavy (non-hydrogen) atoms. The molecule has 0 unspecified atom stereocenters. The molecule has 0 atom stereocenters. The summed E-state index contributed by atoms with van der Waals surface area (Å²) in [6, 6.07) is 12.4. The van der Waals surface area contributed by atoms with Gasteiger partial charge in [-0.25, -0.2) is 8.78 Å². The molecule has 0 aliphatic heterocycles. The predicted molar refractivity (Wildman–Crippen MR) is 105 cm³/mol. The van der Waals surface area contributed by atoms with Crippen molar-refractivity contribution in [3.63, 3.8) is 0 Å². The first-order chi connectivity index (χ1) is 14.6. The van der Waals surface area contributed by atoms with Crippen LogP contribution in [0.25, 0.3) is 22.3 Å². The van der Waals surface area contributed by atoms with Crippen LogP contribution in [0.4, 0.5) is 22.0 Å². The Bertz CT molecular complexity index is 1110. The maximum Gasteiger partial charge on any atom is 0.416 e. The zero-order valence-corrected chi connectivity index (χ0v) is 16.0. The topological polar surface area (TPSA) is 57.5 Å². The van der Waals surface area contributed by atoms with Crippen molar-refractivity contribution in [2.24, 2.45) is 0 Å². The molecule has 0 saturated heterocycles. The lowest BCUT2D eigenvalue weighted by molar-refractivity contribution is -0.138. The summed E-state index contributed by atoms with van der Waals surface area (Å²) in [6.07, 6.45) is -7.71. The van der Waals surface area contributed by atoms with Gasteiger partial charge in [0.05, 0.1) is 5.56 Å². The molecule has 0 aliphatic carbocycles. The largest absolute Gasteiger partial charge is 0.508 e. The molecule has 162 valence electrons. The molecule has 8 heteroatoms. The number of hydrogen-bond donors (Lipinski definition) is 2. The quantitative estimate of drug-likeness (QED) is 0.423. The van der Waals surface area contributed by atoms with Crippen LogP contribution in [0.3, 0.4) is 0 Å². The average molecular weight is 436 g/mol. The Morgan fingerprint density at radius 1 is 0.903 bits per heavy atom. The first-order valence-corrected chi connectivity index (χ1v) is 9.20. The number of phenols is 1. The fraction of sp³-hybridized carbons (Fsp3) is 0.174. The Morgan fingerprint density at radius 2 is 1.58 bits per heavy atom. The number of aliphatic carboxylic acids is 1. The molecule has 0 aliphatic rings. The minimum absolute atomic E-state index is 0.00785. The van der Waals surface area contributed by atoms with E-state index in [1.54, 1.807) is 0 Å². The van der Waals surface area contributed by atoms with Gasteiger partial charge in [-0.15, -0.1) is 0 Å². The highest BCUT2D eigenvalue weighted by Crippen LogP contribution is 2.38. The van der Waals surface area contributed by atoms with E-state index in [2.05, 4.69) is 0 Å². The van der Waals surface area contributed by atoms with E-state index in [9.17, 15) is 31.9 Å². The summed E-state index contributed by atoms with van der Waals surface area (Å²) >= 11 is 0. The van der Waals surface area contributed by atoms with Gasteiger partial charge in [-0.2, -0.15) is 13.2 Å². The van der Waals surface area contributed by atoms with Gasteiger partial charge in [-0.1, -0.05) is 30.3 Å². The van der Waals surface area contributed by atoms with Gasteiger partial charge in [-0.05, 0) is 64.6 Å². The standard InChI is InChI=1S/C23H17F5O3/c24-22(25)20-12-15(18-8-6-17(29)11-14(18)5-9-21(30)31)4-7-19(20)13-2-1-3-16(10-13)23(26,27)28/h1-4,6-8,10-12,22,29H,5,9H2,(H,30,31). The van der Waals surface area contributed by atoms with Crippen LogP contribution < -0.4 is 0 Å². The third-order valence-electron chi connectivity index (χ3n) is 4.80. The van der Waals surface area contributed by atoms with Crippen LogP contribution >= 0.6 is 0 Å². The number of benzene rings is 3. The molecule has 0 heterocycles. The maximum atomic E-state index is 13.8. The highest BCUT2D eigenvalue weighted by atomic mass is 19.4. The Balaban J connectivity index is 2.10. The second-order valence-electron chi connectivity index (χ2n) is 6.92. The molecule has 3 nitrogen and oxygen atoms in total. The van der Waals surface area contributed by atoms with E-state index in [0.29, 0.717) is 16.7 Å². The Morgan fingerprint density at radius 3 is 2.23 bits per heavy atom. The Hall–Kier alpha value is -3.42. The van der Waals surface area contributed by atoms with E-state index in [0.717, 1.165) is 18.2 Å². The number of phenolic OH excluding ortho intramolecular Hbond substituents is 1. The van der Waals surface area contributed by atoms with Crippen molar-refractivity contribution in [2.75, 3.05) is 0 Å². The molecule has 3 rings (SSSR count). The average Bonchev–Trinajstić information content (AvgIpc) is 2.71. The minimum Gasteiger partial charge on any atom is -0.508 e. The van der Waals surface area contributed by atoms with Gasteiger partial charge in [-0.3, -0.25) is 4.79 Å². The van der Waals surface area contributed by atoms with Crippen LogP contribution in [0, 0.1) is 0 Å². The van der Waals surface area contributed by atoms with E-state index in [-0.39, 0.29) is 29.7 Å². The van der Waals surface area contributed by atoms with E-state index in [4.69, 9.17) is 5.11 Å². The van der Waals surface area contributed by atoms with Gasteiger partial charge in [0.2, 0.25) is 0 Å². The Kier molecular flexibility index (Phi) is 6.29. The van der Waals surface area contributed by atoms with Crippen molar-refractivity contribution in [3.05, 3.63) is 77.4 Å². The third kappa shape index (κ3) is 5.20. The molecule has 0 amide bonds. The van der Waals surface area contributed by atoms with Crippen molar-refractivity contribution in [1.29, 1.82) is 0 Å². The minimum atomic E-state index is -4.61. The lowest BCUT2D eigenvalue weighted by atomic mass is 9.91. The van der Waals surface area contributed by atoms with Gasteiger partial charge in [0.15, 0.2) is 0 Å². The monoisotopic (exact) mass is 436 g/mol. The number of hydrogen-bond acceptors (Lipinski definition) is 2. The molecule has 0 spiro atoms. The van der Waals surface area contributed by atoms with E-state index in [1.807, 2.05) is 0 Å². The summed E-state index contributed by atoms with van der Waals surface area (Å²) in [5.41, 5.74) is -0.167. The summed E-state index contributed by atoms with van der Waals surface area (Å²) in [5.74, 6) is -1.15. The molecule has 0 saturated carbocycles. The number of rotatable bonds is 6. The van der Waals surface area contributed by atoms with E-state index >= 15 is 0 Å². The molecular weight excluding hydrogens is 419 g/mol. The highest BCUT2D eigenvalue weighted by molar-refractivity contribution is 5.77. The molecule has 2 N–H and O–H groups in total. The number of carbonyl (C=O) groups is 1. The summed E-state index contributed by atoms with van der Waals surface area (Å²) in [4.78, 5) is 10.9. The van der Waals surface area contributed by atoms with Crippen LogP contribution in [0.2, 0.25) is 0 Å². The first-order valence-electron chi connectivity index (χ1n) is 9.20. The van der Waals surface area contributed by atoms with Crippen LogP contribution in [0.1, 0.15) is 29.5 Å². The van der Waals surface area contributed by atoms with Crippen molar-refractivity contribution < 1.29 is 37.0 Å². The number of aromatic hydroxyl groups is 1.